The van der Waals surface area contributed by atoms with Gasteiger partial charge in [0.05, 0.1) is 5.92 Å². The molecule has 0 fully saturated rings. The fraction of sp³-hybridized carbons (Fsp3) is 0.0500. The van der Waals surface area contributed by atoms with Crippen LogP contribution in [0.25, 0.3) is 0 Å². The Morgan fingerprint density at radius 3 is 1.57 bits per heavy atom. The molecule has 114 valence electrons. The van der Waals surface area contributed by atoms with E-state index >= 15 is 0 Å². The van der Waals surface area contributed by atoms with E-state index in [-0.39, 0.29) is 16.9 Å². The van der Waals surface area contributed by atoms with Crippen molar-refractivity contribution in [3.63, 3.8) is 0 Å². The predicted molar refractivity (Wildman–Crippen MR) is 85.4 cm³/mol. The van der Waals surface area contributed by atoms with E-state index in [0.29, 0.717) is 5.56 Å². The van der Waals surface area contributed by atoms with Gasteiger partial charge in [0.1, 0.15) is 11.6 Å². The number of hydrogen-bond donors (Lipinski definition) is 0. The van der Waals surface area contributed by atoms with E-state index in [1.54, 1.807) is 54.6 Å². The summed E-state index contributed by atoms with van der Waals surface area (Å²) in [7, 11) is 0. The van der Waals surface area contributed by atoms with Gasteiger partial charge in [-0.15, -0.1) is 0 Å². The Morgan fingerprint density at radius 2 is 1.09 bits per heavy atom. The van der Waals surface area contributed by atoms with Crippen molar-refractivity contribution in [2.45, 2.75) is 5.92 Å². The third-order valence-electron chi connectivity index (χ3n) is 3.75. The lowest BCUT2D eigenvalue weighted by atomic mass is 9.84. The van der Waals surface area contributed by atoms with Crippen molar-refractivity contribution < 1.29 is 13.6 Å². The molecule has 3 aromatic rings. The van der Waals surface area contributed by atoms with Crippen molar-refractivity contribution in [1.29, 1.82) is 0 Å². The standard InChI is InChI=1S/C20H14F2O/c21-17-12-6-4-10-15(17)19(16-11-5-7-13-18(16)22)20(23)14-8-2-1-3-9-14/h1-13,19H. The lowest BCUT2D eigenvalue weighted by Gasteiger charge is -2.18. The first kappa shape index (κ1) is 15.1. The van der Waals surface area contributed by atoms with Gasteiger partial charge in [-0.05, 0) is 12.1 Å². The van der Waals surface area contributed by atoms with Crippen LogP contribution in [-0.2, 0) is 0 Å². The van der Waals surface area contributed by atoms with Crippen LogP contribution in [-0.4, -0.2) is 5.78 Å². The minimum atomic E-state index is -1.01. The highest BCUT2D eigenvalue weighted by atomic mass is 19.1. The zero-order chi connectivity index (χ0) is 16.2. The molecule has 0 spiro atoms. The average molecular weight is 308 g/mol. The van der Waals surface area contributed by atoms with Crippen LogP contribution in [0.2, 0.25) is 0 Å². The van der Waals surface area contributed by atoms with Gasteiger partial charge in [0, 0.05) is 16.7 Å². The molecule has 0 radical (unpaired) electrons. The maximum absolute atomic E-state index is 14.3. The van der Waals surface area contributed by atoms with E-state index in [9.17, 15) is 13.6 Å². The van der Waals surface area contributed by atoms with Crippen molar-refractivity contribution in [3.8, 4) is 0 Å². The van der Waals surface area contributed by atoms with E-state index in [2.05, 4.69) is 0 Å². The maximum Gasteiger partial charge on any atom is 0.174 e. The first-order chi connectivity index (χ1) is 11.2. The molecule has 0 N–H and O–H groups in total. The number of rotatable bonds is 4. The zero-order valence-corrected chi connectivity index (χ0v) is 12.2. The van der Waals surface area contributed by atoms with Gasteiger partial charge in [0.15, 0.2) is 5.78 Å². The highest BCUT2D eigenvalue weighted by Gasteiger charge is 2.28. The number of Topliss-reactive ketones (excluding diaryl/α,β-unsaturated/α-hetero) is 1. The Morgan fingerprint density at radius 1 is 0.652 bits per heavy atom. The summed E-state index contributed by atoms with van der Waals surface area (Å²) < 4.78 is 28.5. The lowest BCUT2D eigenvalue weighted by molar-refractivity contribution is 0.0971. The van der Waals surface area contributed by atoms with Gasteiger partial charge in [-0.3, -0.25) is 4.79 Å². The van der Waals surface area contributed by atoms with E-state index < -0.39 is 17.6 Å². The van der Waals surface area contributed by atoms with Crippen LogP contribution in [0.15, 0.2) is 78.9 Å². The second-order valence-electron chi connectivity index (χ2n) is 5.21. The summed E-state index contributed by atoms with van der Waals surface area (Å²) in [6.45, 7) is 0. The Labute approximate surface area is 133 Å². The van der Waals surface area contributed by atoms with Gasteiger partial charge in [-0.2, -0.15) is 0 Å². The molecule has 0 saturated carbocycles. The summed E-state index contributed by atoms with van der Waals surface area (Å²) in [4.78, 5) is 12.9. The lowest BCUT2D eigenvalue weighted by Crippen LogP contribution is -2.17. The van der Waals surface area contributed by atoms with Gasteiger partial charge in [-0.25, -0.2) is 8.78 Å². The molecule has 0 heterocycles. The van der Waals surface area contributed by atoms with Gasteiger partial charge >= 0.3 is 0 Å². The van der Waals surface area contributed by atoms with Crippen LogP contribution >= 0.6 is 0 Å². The molecule has 0 amide bonds. The Bertz CT molecular complexity index is 782. The Hall–Kier alpha value is -2.81. The molecule has 3 heteroatoms. The number of ketones is 1. The van der Waals surface area contributed by atoms with Crippen LogP contribution in [0.5, 0.6) is 0 Å². The van der Waals surface area contributed by atoms with E-state index in [0.717, 1.165) is 0 Å². The Balaban J connectivity index is 2.17. The molecule has 0 aliphatic heterocycles. The van der Waals surface area contributed by atoms with Crippen molar-refractivity contribution in [2.24, 2.45) is 0 Å². The Kier molecular flexibility index (Phi) is 4.29. The first-order valence-corrected chi connectivity index (χ1v) is 7.26. The molecule has 0 bridgehead atoms. The molecule has 3 aromatic carbocycles. The third kappa shape index (κ3) is 3.04. The highest BCUT2D eigenvalue weighted by molar-refractivity contribution is 6.03. The minimum absolute atomic E-state index is 0.173. The molecule has 1 nitrogen and oxygen atoms in total. The van der Waals surface area contributed by atoms with Crippen LogP contribution in [0.3, 0.4) is 0 Å². The largest absolute Gasteiger partial charge is 0.293 e. The predicted octanol–water partition coefficient (Wildman–Crippen LogP) is 4.98. The average Bonchev–Trinajstić information content (AvgIpc) is 2.59. The third-order valence-corrected chi connectivity index (χ3v) is 3.75. The van der Waals surface area contributed by atoms with Crippen molar-refractivity contribution >= 4 is 5.78 Å². The summed E-state index contributed by atoms with van der Waals surface area (Å²) in [6.07, 6.45) is 0. The monoisotopic (exact) mass is 308 g/mol. The van der Waals surface area contributed by atoms with E-state index in [1.807, 2.05) is 0 Å². The molecule has 0 aliphatic carbocycles. The fourth-order valence-electron chi connectivity index (χ4n) is 2.64. The molecular weight excluding hydrogens is 294 g/mol. The summed E-state index contributed by atoms with van der Waals surface area (Å²) in [6, 6.07) is 20.5. The molecule has 0 saturated heterocycles. The first-order valence-electron chi connectivity index (χ1n) is 7.26. The van der Waals surface area contributed by atoms with Crippen LogP contribution in [0, 0.1) is 11.6 Å². The molecule has 0 unspecified atom stereocenters. The van der Waals surface area contributed by atoms with Crippen molar-refractivity contribution in [1.82, 2.24) is 0 Å². The number of carbonyl (C=O) groups excluding carboxylic acids is 1. The van der Waals surface area contributed by atoms with E-state index in [1.165, 1.54) is 24.3 Å². The fourth-order valence-corrected chi connectivity index (χ4v) is 2.64. The maximum atomic E-state index is 14.3. The van der Waals surface area contributed by atoms with Gasteiger partial charge < -0.3 is 0 Å². The molecule has 0 aliphatic rings. The summed E-state index contributed by atoms with van der Waals surface area (Å²) in [5, 5.41) is 0. The number of carbonyl (C=O) groups is 1. The van der Waals surface area contributed by atoms with Crippen LogP contribution in [0.4, 0.5) is 8.78 Å². The second kappa shape index (κ2) is 6.53. The number of halogens is 2. The van der Waals surface area contributed by atoms with Crippen LogP contribution < -0.4 is 0 Å². The highest BCUT2D eigenvalue weighted by Crippen LogP contribution is 2.31. The molecular formula is C20H14F2O. The SMILES string of the molecule is O=C(c1ccccc1)C(c1ccccc1F)c1ccccc1F. The molecule has 3 rings (SSSR count). The van der Waals surface area contributed by atoms with Crippen LogP contribution in [0.1, 0.15) is 27.4 Å². The van der Waals surface area contributed by atoms with Gasteiger partial charge in [-0.1, -0.05) is 66.7 Å². The minimum Gasteiger partial charge on any atom is -0.293 e. The zero-order valence-electron chi connectivity index (χ0n) is 12.2. The van der Waals surface area contributed by atoms with Gasteiger partial charge in [0.2, 0.25) is 0 Å². The smallest absolute Gasteiger partial charge is 0.174 e. The summed E-state index contributed by atoms with van der Waals surface area (Å²) >= 11 is 0. The quantitative estimate of drug-likeness (QED) is 0.621. The molecule has 23 heavy (non-hydrogen) atoms. The number of hydrogen-bond acceptors (Lipinski definition) is 1. The summed E-state index contributed by atoms with van der Waals surface area (Å²) in [5.41, 5.74) is 0.766. The second-order valence-corrected chi connectivity index (χ2v) is 5.21. The normalized spacial score (nSPS) is 10.7. The number of benzene rings is 3. The topological polar surface area (TPSA) is 17.1 Å². The van der Waals surface area contributed by atoms with E-state index in [4.69, 9.17) is 0 Å². The molecule has 0 aromatic heterocycles. The summed E-state index contributed by atoms with van der Waals surface area (Å²) in [5.74, 6) is -2.39. The molecule has 0 atom stereocenters. The van der Waals surface area contributed by atoms with Crippen molar-refractivity contribution in [2.75, 3.05) is 0 Å². The van der Waals surface area contributed by atoms with Gasteiger partial charge in [0.25, 0.3) is 0 Å². The van der Waals surface area contributed by atoms with Crippen molar-refractivity contribution in [3.05, 3.63) is 107 Å².